The van der Waals surface area contributed by atoms with Crippen LogP contribution in [-0.4, -0.2) is 31.7 Å². The van der Waals surface area contributed by atoms with Gasteiger partial charge in [0.25, 0.3) is 0 Å². The number of nitrogens with zero attached hydrogens (tertiary/aromatic N) is 1. The van der Waals surface area contributed by atoms with Crippen molar-refractivity contribution in [3.8, 4) is 0 Å². The summed E-state index contributed by atoms with van der Waals surface area (Å²) in [6.45, 7) is 1.08. The third kappa shape index (κ3) is 3.71. The first-order valence-corrected chi connectivity index (χ1v) is 11.7. The van der Waals surface area contributed by atoms with Crippen molar-refractivity contribution in [2.75, 3.05) is 18.4 Å². The van der Waals surface area contributed by atoms with E-state index in [1.54, 1.807) is 24.5 Å². The van der Waals surface area contributed by atoms with Gasteiger partial charge in [-0.1, -0.05) is 36.4 Å². The zero-order chi connectivity index (χ0) is 21.4. The van der Waals surface area contributed by atoms with E-state index in [2.05, 4.69) is 5.32 Å². The van der Waals surface area contributed by atoms with E-state index >= 15 is 0 Å². The summed E-state index contributed by atoms with van der Waals surface area (Å²) in [6.07, 6.45) is 3.50. The summed E-state index contributed by atoms with van der Waals surface area (Å²) >= 11 is 0. The van der Waals surface area contributed by atoms with Crippen LogP contribution >= 0.6 is 0 Å². The van der Waals surface area contributed by atoms with Crippen LogP contribution in [0.15, 0.2) is 76.2 Å². The first kappa shape index (κ1) is 19.8. The predicted molar refractivity (Wildman–Crippen MR) is 120 cm³/mol. The van der Waals surface area contributed by atoms with E-state index in [9.17, 15) is 13.2 Å². The molecule has 1 aromatic heterocycles. The summed E-state index contributed by atoms with van der Waals surface area (Å²) in [5.74, 6) is -0.230. The van der Waals surface area contributed by atoms with Crippen molar-refractivity contribution in [3.05, 3.63) is 72.5 Å². The monoisotopic (exact) mass is 434 g/mol. The second kappa shape index (κ2) is 7.83. The maximum Gasteiger partial charge on any atom is 0.243 e. The Kier molecular flexibility index (Phi) is 5.00. The largest absolute Gasteiger partial charge is 0.464 e. The van der Waals surface area contributed by atoms with Gasteiger partial charge in [0.1, 0.15) is 5.58 Å². The number of amides is 1. The minimum Gasteiger partial charge on any atom is -0.464 e. The van der Waals surface area contributed by atoms with Crippen LogP contribution in [0.25, 0.3) is 21.7 Å². The number of benzene rings is 3. The van der Waals surface area contributed by atoms with Gasteiger partial charge in [-0.25, -0.2) is 8.42 Å². The molecule has 4 aromatic rings. The molecule has 158 valence electrons. The molecule has 1 saturated heterocycles. The molecule has 1 N–H and O–H groups in total. The van der Waals surface area contributed by atoms with Gasteiger partial charge < -0.3 is 9.73 Å². The lowest BCUT2D eigenvalue weighted by Gasteiger charge is -2.16. The van der Waals surface area contributed by atoms with Gasteiger partial charge in [-0.15, -0.1) is 0 Å². The Morgan fingerprint density at radius 2 is 1.81 bits per heavy atom. The number of sulfonamides is 1. The number of hydrogen-bond acceptors (Lipinski definition) is 4. The highest BCUT2D eigenvalue weighted by atomic mass is 32.2. The Hall–Kier alpha value is -3.16. The SMILES string of the molecule is O=C(Cc1coc2ccc3ccccc3c12)Nc1cccc(S(=O)(=O)N2CCCC2)c1. The smallest absolute Gasteiger partial charge is 0.243 e. The second-order valence-corrected chi connectivity index (χ2v) is 9.72. The first-order chi connectivity index (χ1) is 15.0. The van der Waals surface area contributed by atoms with Crippen molar-refractivity contribution >= 4 is 43.4 Å². The van der Waals surface area contributed by atoms with Crippen molar-refractivity contribution in [2.45, 2.75) is 24.2 Å². The zero-order valence-electron chi connectivity index (χ0n) is 16.9. The number of furan rings is 1. The molecule has 0 radical (unpaired) electrons. The van der Waals surface area contributed by atoms with E-state index in [4.69, 9.17) is 4.42 Å². The molecule has 31 heavy (non-hydrogen) atoms. The summed E-state index contributed by atoms with van der Waals surface area (Å²) in [6, 6.07) is 18.3. The molecule has 0 aliphatic carbocycles. The number of carbonyl (C=O) groups is 1. The Bertz CT molecular complexity index is 1390. The zero-order valence-corrected chi connectivity index (χ0v) is 17.7. The van der Waals surface area contributed by atoms with Gasteiger partial charge in [0.05, 0.1) is 17.6 Å². The third-order valence-corrected chi connectivity index (χ3v) is 7.61. The molecule has 3 aromatic carbocycles. The highest BCUT2D eigenvalue weighted by molar-refractivity contribution is 7.89. The Morgan fingerprint density at radius 1 is 1.00 bits per heavy atom. The number of nitrogens with one attached hydrogen (secondary N) is 1. The molecule has 6 nitrogen and oxygen atoms in total. The van der Waals surface area contributed by atoms with E-state index < -0.39 is 10.0 Å². The summed E-state index contributed by atoms with van der Waals surface area (Å²) in [5.41, 5.74) is 1.99. The second-order valence-electron chi connectivity index (χ2n) is 7.78. The molecule has 5 rings (SSSR count). The van der Waals surface area contributed by atoms with E-state index in [0.29, 0.717) is 18.8 Å². The van der Waals surface area contributed by atoms with E-state index in [1.165, 1.54) is 10.4 Å². The standard InChI is InChI=1S/C24H22N2O4S/c27-23(14-18-16-30-22-11-10-17-6-1-2-9-21(17)24(18)22)25-19-7-5-8-20(15-19)31(28,29)26-12-3-4-13-26/h1-2,5-11,15-16H,3-4,12-14H2,(H,25,27). The maximum atomic E-state index is 12.8. The summed E-state index contributed by atoms with van der Waals surface area (Å²) in [5, 5.41) is 5.88. The van der Waals surface area contributed by atoms with Crippen LogP contribution in [0.5, 0.6) is 0 Å². The van der Waals surface area contributed by atoms with E-state index in [-0.39, 0.29) is 17.2 Å². The van der Waals surface area contributed by atoms with Crippen molar-refractivity contribution in [2.24, 2.45) is 0 Å². The van der Waals surface area contributed by atoms with Gasteiger partial charge in [-0.2, -0.15) is 4.31 Å². The molecule has 0 saturated carbocycles. The molecule has 0 spiro atoms. The minimum atomic E-state index is -3.53. The van der Waals surface area contributed by atoms with Crippen molar-refractivity contribution in [1.82, 2.24) is 4.31 Å². The van der Waals surface area contributed by atoms with Crippen LogP contribution in [0, 0.1) is 0 Å². The summed E-state index contributed by atoms with van der Waals surface area (Å²) in [4.78, 5) is 13.0. The lowest BCUT2D eigenvalue weighted by atomic mass is 10.0. The molecular weight excluding hydrogens is 412 g/mol. The Balaban J connectivity index is 1.39. The Morgan fingerprint density at radius 3 is 2.65 bits per heavy atom. The lowest BCUT2D eigenvalue weighted by molar-refractivity contribution is -0.115. The maximum absolute atomic E-state index is 12.8. The van der Waals surface area contributed by atoms with Crippen molar-refractivity contribution < 1.29 is 17.6 Å². The van der Waals surface area contributed by atoms with E-state index in [1.807, 2.05) is 36.4 Å². The fraction of sp³-hybridized carbons (Fsp3) is 0.208. The summed E-state index contributed by atoms with van der Waals surface area (Å²) < 4.78 is 32.8. The number of rotatable bonds is 5. The van der Waals surface area contributed by atoms with Crippen LogP contribution in [0.4, 0.5) is 5.69 Å². The molecule has 0 bridgehead atoms. The molecule has 1 fully saturated rings. The van der Waals surface area contributed by atoms with Crippen molar-refractivity contribution in [1.29, 1.82) is 0 Å². The molecular formula is C24H22N2O4S. The molecule has 0 unspecified atom stereocenters. The van der Waals surface area contributed by atoms with E-state index in [0.717, 1.165) is 40.1 Å². The number of fused-ring (bicyclic) bond motifs is 3. The molecule has 1 aliphatic heterocycles. The fourth-order valence-electron chi connectivity index (χ4n) is 4.19. The summed E-state index contributed by atoms with van der Waals surface area (Å²) in [7, 11) is -3.53. The number of hydrogen-bond donors (Lipinski definition) is 1. The number of anilines is 1. The van der Waals surface area contributed by atoms with Gasteiger partial charge in [0.2, 0.25) is 15.9 Å². The topological polar surface area (TPSA) is 79.6 Å². The van der Waals surface area contributed by atoms with Gasteiger partial charge in [-0.3, -0.25) is 4.79 Å². The molecule has 2 heterocycles. The van der Waals surface area contributed by atoms with Crippen LogP contribution in [0.2, 0.25) is 0 Å². The number of carbonyl (C=O) groups excluding carboxylic acids is 1. The molecule has 1 amide bonds. The van der Waals surface area contributed by atoms with Crippen LogP contribution in [0.1, 0.15) is 18.4 Å². The predicted octanol–water partition coefficient (Wildman–Crippen LogP) is 4.55. The highest BCUT2D eigenvalue weighted by Gasteiger charge is 2.27. The minimum absolute atomic E-state index is 0.129. The normalized spacial score (nSPS) is 15.0. The quantitative estimate of drug-likeness (QED) is 0.500. The van der Waals surface area contributed by atoms with Gasteiger partial charge >= 0.3 is 0 Å². The fourth-order valence-corrected chi connectivity index (χ4v) is 5.76. The first-order valence-electron chi connectivity index (χ1n) is 10.3. The molecule has 1 aliphatic rings. The van der Waals surface area contributed by atoms with Crippen molar-refractivity contribution in [3.63, 3.8) is 0 Å². The third-order valence-electron chi connectivity index (χ3n) is 5.71. The van der Waals surface area contributed by atoms with Gasteiger partial charge in [0.15, 0.2) is 0 Å². The van der Waals surface area contributed by atoms with Gasteiger partial charge in [0, 0.05) is 29.7 Å². The highest BCUT2D eigenvalue weighted by Crippen LogP contribution is 2.30. The Labute approximate surface area is 180 Å². The van der Waals surface area contributed by atoms with Gasteiger partial charge in [-0.05, 0) is 47.9 Å². The molecule has 0 atom stereocenters. The van der Waals surface area contributed by atoms with Crippen LogP contribution in [0.3, 0.4) is 0 Å². The van der Waals surface area contributed by atoms with Crippen LogP contribution in [-0.2, 0) is 21.2 Å². The average Bonchev–Trinajstić information content (AvgIpc) is 3.45. The average molecular weight is 435 g/mol. The molecule has 7 heteroatoms. The lowest BCUT2D eigenvalue weighted by Crippen LogP contribution is -2.28. The van der Waals surface area contributed by atoms with Crippen LogP contribution < -0.4 is 5.32 Å².